The number of benzene rings is 2. The molecule has 22 heavy (non-hydrogen) atoms. The molecule has 116 valence electrons. The van der Waals surface area contributed by atoms with Crippen molar-refractivity contribution >= 4 is 33.7 Å². The van der Waals surface area contributed by atoms with Crippen molar-refractivity contribution in [3.05, 3.63) is 58.6 Å². The van der Waals surface area contributed by atoms with Crippen molar-refractivity contribution in [2.24, 2.45) is 0 Å². The average molecular weight is 379 g/mol. The highest BCUT2D eigenvalue weighted by atomic mass is 79.9. The molecule has 0 amide bonds. The fraction of sp³-hybridized carbons (Fsp3) is 0.278. The summed E-state index contributed by atoms with van der Waals surface area (Å²) in [6.45, 7) is 5.65. The first kappa shape index (κ1) is 17.1. The van der Waals surface area contributed by atoms with E-state index < -0.39 is 5.60 Å². The first-order chi connectivity index (χ1) is 10.3. The number of hydrogen-bond acceptors (Lipinski definition) is 3. The SMILES string of the molecule is CC(C)(C)OC(=O)Cc1ccccc1Sc1ccc(Br)cc1. The monoisotopic (exact) mass is 378 g/mol. The molecule has 2 aromatic rings. The summed E-state index contributed by atoms with van der Waals surface area (Å²) >= 11 is 5.09. The summed E-state index contributed by atoms with van der Waals surface area (Å²) in [5, 5.41) is 0. The van der Waals surface area contributed by atoms with Crippen LogP contribution in [-0.4, -0.2) is 11.6 Å². The standard InChI is InChI=1S/C18H19BrO2S/c1-18(2,3)21-17(20)12-13-6-4-5-7-16(13)22-15-10-8-14(19)9-11-15/h4-11H,12H2,1-3H3. The Labute approximate surface area is 144 Å². The quantitative estimate of drug-likeness (QED) is 0.658. The van der Waals surface area contributed by atoms with Crippen LogP contribution in [0.4, 0.5) is 0 Å². The van der Waals surface area contributed by atoms with Gasteiger partial charge in [0.05, 0.1) is 6.42 Å². The number of carbonyl (C=O) groups excluding carboxylic acids is 1. The minimum atomic E-state index is -0.453. The van der Waals surface area contributed by atoms with Gasteiger partial charge >= 0.3 is 5.97 Å². The zero-order chi connectivity index (χ0) is 16.2. The zero-order valence-electron chi connectivity index (χ0n) is 12.9. The van der Waals surface area contributed by atoms with E-state index in [9.17, 15) is 4.79 Å². The molecule has 0 unspecified atom stereocenters. The van der Waals surface area contributed by atoms with Gasteiger partial charge in [0.2, 0.25) is 0 Å². The summed E-state index contributed by atoms with van der Waals surface area (Å²) in [6.07, 6.45) is 0.289. The molecule has 2 aromatic carbocycles. The van der Waals surface area contributed by atoms with Gasteiger partial charge in [-0.1, -0.05) is 45.9 Å². The smallest absolute Gasteiger partial charge is 0.310 e. The minimum absolute atomic E-state index is 0.198. The summed E-state index contributed by atoms with van der Waals surface area (Å²) in [5.74, 6) is -0.198. The lowest BCUT2D eigenvalue weighted by Crippen LogP contribution is -2.25. The van der Waals surface area contributed by atoms with Crippen LogP contribution in [0.5, 0.6) is 0 Å². The zero-order valence-corrected chi connectivity index (χ0v) is 15.3. The van der Waals surface area contributed by atoms with Gasteiger partial charge in [-0.25, -0.2) is 0 Å². The van der Waals surface area contributed by atoms with Gasteiger partial charge in [0.1, 0.15) is 5.60 Å². The maximum Gasteiger partial charge on any atom is 0.310 e. The van der Waals surface area contributed by atoms with Gasteiger partial charge in [-0.05, 0) is 56.7 Å². The highest BCUT2D eigenvalue weighted by Crippen LogP contribution is 2.31. The summed E-state index contributed by atoms with van der Waals surface area (Å²) < 4.78 is 6.46. The molecule has 0 saturated heterocycles. The molecular formula is C18H19BrO2S. The van der Waals surface area contributed by atoms with Crippen LogP contribution in [0.2, 0.25) is 0 Å². The Morgan fingerprint density at radius 3 is 2.36 bits per heavy atom. The number of halogens is 1. The molecule has 0 fully saturated rings. The predicted molar refractivity (Wildman–Crippen MR) is 94.3 cm³/mol. The maximum absolute atomic E-state index is 12.0. The summed E-state index contributed by atoms with van der Waals surface area (Å²) in [7, 11) is 0. The molecule has 0 N–H and O–H groups in total. The van der Waals surface area contributed by atoms with Crippen molar-refractivity contribution in [3.8, 4) is 0 Å². The average Bonchev–Trinajstić information content (AvgIpc) is 2.41. The van der Waals surface area contributed by atoms with Gasteiger partial charge in [-0.15, -0.1) is 0 Å². The highest BCUT2D eigenvalue weighted by Gasteiger charge is 2.17. The molecule has 0 radical (unpaired) electrons. The fourth-order valence-corrected chi connectivity index (χ4v) is 3.12. The number of rotatable bonds is 4. The third-order valence-electron chi connectivity index (χ3n) is 2.77. The van der Waals surface area contributed by atoms with Crippen LogP contribution in [0.25, 0.3) is 0 Å². The maximum atomic E-state index is 12.0. The molecule has 4 heteroatoms. The minimum Gasteiger partial charge on any atom is -0.460 e. The molecule has 0 bridgehead atoms. The molecule has 2 nitrogen and oxygen atoms in total. The fourth-order valence-electron chi connectivity index (χ4n) is 1.91. The normalized spacial score (nSPS) is 11.3. The van der Waals surface area contributed by atoms with Crippen molar-refractivity contribution in [1.29, 1.82) is 0 Å². The molecule has 0 aliphatic rings. The Balaban J connectivity index is 2.13. The Morgan fingerprint density at radius 1 is 1.09 bits per heavy atom. The Hall–Kier alpha value is -1.26. The van der Waals surface area contributed by atoms with Crippen LogP contribution in [0.3, 0.4) is 0 Å². The van der Waals surface area contributed by atoms with E-state index in [0.717, 1.165) is 19.8 Å². The molecule has 0 atom stereocenters. The summed E-state index contributed by atoms with van der Waals surface area (Å²) in [6, 6.07) is 16.1. The second kappa shape index (κ2) is 7.34. The molecule has 0 aromatic heterocycles. The third kappa shape index (κ3) is 5.50. The van der Waals surface area contributed by atoms with Crippen LogP contribution in [0, 0.1) is 0 Å². The van der Waals surface area contributed by atoms with Gasteiger partial charge in [0.15, 0.2) is 0 Å². The molecular weight excluding hydrogens is 360 g/mol. The molecule has 0 aliphatic heterocycles. The second-order valence-electron chi connectivity index (χ2n) is 5.93. The molecule has 0 spiro atoms. The second-order valence-corrected chi connectivity index (χ2v) is 7.96. The lowest BCUT2D eigenvalue weighted by Gasteiger charge is -2.20. The number of ether oxygens (including phenoxy) is 1. The van der Waals surface area contributed by atoms with E-state index in [1.165, 1.54) is 0 Å². The lowest BCUT2D eigenvalue weighted by atomic mass is 10.1. The van der Waals surface area contributed by atoms with Crippen molar-refractivity contribution in [3.63, 3.8) is 0 Å². The molecule has 0 saturated carbocycles. The summed E-state index contributed by atoms with van der Waals surface area (Å²) in [5.41, 5.74) is 0.537. The van der Waals surface area contributed by atoms with E-state index in [0.29, 0.717) is 0 Å². The van der Waals surface area contributed by atoms with Crippen LogP contribution in [0.15, 0.2) is 62.8 Å². The van der Waals surface area contributed by atoms with Gasteiger partial charge in [0, 0.05) is 14.3 Å². The van der Waals surface area contributed by atoms with Crippen LogP contribution in [-0.2, 0) is 16.0 Å². The van der Waals surface area contributed by atoms with Gasteiger partial charge in [0.25, 0.3) is 0 Å². The Morgan fingerprint density at radius 2 is 1.73 bits per heavy atom. The van der Waals surface area contributed by atoms with Crippen molar-refractivity contribution < 1.29 is 9.53 Å². The predicted octanol–water partition coefficient (Wildman–Crippen LogP) is 5.48. The van der Waals surface area contributed by atoms with E-state index in [1.54, 1.807) is 11.8 Å². The van der Waals surface area contributed by atoms with E-state index >= 15 is 0 Å². The highest BCUT2D eigenvalue weighted by molar-refractivity contribution is 9.10. The van der Waals surface area contributed by atoms with E-state index in [4.69, 9.17) is 4.74 Å². The third-order valence-corrected chi connectivity index (χ3v) is 4.42. The van der Waals surface area contributed by atoms with E-state index in [1.807, 2.05) is 57.2 Å². The Bertz CT molecular complexity index is 645. The molecule has 0 aliphatic carbocycles. The van der Waals surface area contributed by atoms with E-state index in [2.05, 4.69) is 28.1 Å². The van der Waals surface area contributed by atoms with Crippen LogP contribution < -0.4 is 0 Å². The number of carbonyl (C=O) groups is 1. The van der Waals surface area contributed by atoms with Gasteiger partial charge < -0.3 is 4.74 Å². The largest absolute Gasteiger partial charge is 0.460 e. The van der Waals surface area contributed by atoms with Crippen LogP contribution >= 0.6 is 27.7 Å². The first-order valence-electron chi connectivity index (χ1n) is 7.07. The van der Waals surface area contributed by atoms with Gasteiger partial charge in [-0.3, -0.25) is 4.79 Å². The molecule has 0 heterocycles. The number of hydrogen-bond donors (Lipinski definition) is 0. The molecule has 2 rings (SSSR count). The number of esters is 1. The Kier molecular flexibility index (Phi) is 5.70. The van der Waals surface area contributed by atoms with Crippen LogP contribution in [0.1, 0.15) is 26.3 Å². The first-order valence-corrected chi connectivity index (χ1v) is 8.67. The van der Waals surface area contributed by atoms with Crippen molar-refractivity contribution in [2.75, 3.05) is 0 Å². The van der Waals surface area contributed by atoms with E-state index in [-0.39, 0.29) is 12.4 Å². The lowest BCUT2D eigenvalue weighted by molar-refractivity contribution is -0.153. The topological polar surface area (TPSA) is 26.3 Å². The van der Waals surface area contributed by atoms with Crippen molar-refractivity contribution in [1.82, 2.24) is 0 Å². The van der Waals surface area contributed by atoms with Gasteiger partial charge in [-0.2, -0.15) is 0 Å². The summed E-state index contributed by atoms with van der Waals surface area (Å²) in [4.78, 5) is 14.3. The van der Waals surface area contributed by atoms with Crippen molar-refractivity contribution in [2.45, 2.75) is 42.6 Å².